The summed E-state index contributed by atoms with van der Waals surface area (Å²) >= 11 is 2.25. The molecular weight excluding hydrogens is 361 g/mol. The van der Waals surface area contributed by atoms with E-state index in [0.29, 0.717) is 17.7 Å². The predicted molar refractivity (Wildman–Crippen MR) is 80.8 cm³/mol. The largest absolute Gasteiger partial charge is 0.490 e. The van der Waals surface area contributed by atoms with E-state index in [1.54, 1.807) is 24.3 Å². The van der Waals surface area contributed by atoms with E-state index in [9.17, 15) is 8.78 Å². The van der Waals surface area contributed by atoms with Crippen molar-refractivity contribution in [3.05, 3.63) is 54.1 Å². The molecular formula is C15H13F2IO. The molecule has 0 aliphatic heterocycles. The van der Waals surface area contributed by atoms with E-state index < -0.39 is 5.82 Å². The lowest BCUT2D eigenvalue weighted by Crippen LogP contribution is -1.99. The molecule has 0 fully saturated rings. The first-order valence-electron chi connectivity index (χ1n) is 5.95. The summed E-state index contributed by atoms with van der Waals surface area (Å²) in [6.07, 6.45) is 0.881. The highest BCUT2D eigenvalue weighted by molar-refractivity contribution is 14.1. The Labute approximate surface area is 124 Å². The van der Waals surface area contributed by atoms with Gasteiger partial charge in [-0.05, 0) is 41.8 Å². The zero-order chi connectivity index (χ0) is 13.7. The van der Waals surface area contributed by atoms with E-state index in [2.05, 4.69) is 22.6 Å². The third-order valence-corrected chi connectivity index (χ3v) is 3.39. The van der Waals surface area contributed by atoms with Crippen molar-refractivity contribution in [2.24, 2.45) is 0 Å². The number of halogens is 3. The molecule has 1 nitrogen and oxygen atoms in total. The second-order valence-electron chi connectivity index (χ2n) is 4.05. The number of ether oxygens (including phenoxy) is 1. The number of hydrogen-bond acceptors (Lipinski definition) is 1. The number of alkyl halides is 1. The Kier molecular flexibility index (Phi) is 5.13. The van der Waals surface area contributed by atoms with Gasteiger partial charge in [0.1, 0.15) is 5.82 Å². The highest BCUT2D eigenvalue weighted by atomic mass is 127. The molecule has 2 rings (SSSR count). The monoisotopic (exact) mass is 374 g/mol. The quantitative estimate of drug-likeness (QED) is 0.414. The van der Waals surface area contributed by atoms with E-state index in [0.717, 1.165) is 10.8 Å². The van der Waals surface area contributed by atoms with Gasteiger partial charge >= 0.3 is 0 Å². The molecule has 0 aromatic heterocycles. The Balaban J connectivity index is 2.19. The van der Waals surface area contributed by atoms with Crippen LogP contribution in [0.4, 0.5) is 8.78 Å². The van der Waals surface area contributed by atoms with E-state index in [4.69, 9.17) is 4.74 Å². The van der Waals surface area contributed by atoms with Crippen molar-refractivity contribution in [3.8, 4) is 16.9 Å². The number of rotatable bonds is 5. The predicted octanol–water partition coefficient (Wildman–Crippen LogP) is 4.84. The van der Waals surface area contributed by atoms with Crippen LogP contribution in [0.2, 0.25) is 0 Å². The van der Waals surface area contributed by atoms with Gasteiger partial charge in [-0.15, -0.1) is 0 Å². The van der Waals surface area contributed by atoms with Crippen molar-refractivity contribution in [1.82, 2.24) is 0 Å². The normalized spacial score (nSPS) is 10.5. The summed E-state index contributed by atoms with van der Waals surface area (Å²) in [5.74, 6) is -0.513. The van der Waals surface area contributed by atoms with E-state index in [1.165, 1.54) is 18.2 Å². The maximum Gasteiger partial charge on any atom is 0.165 e. The van der Waals surface area contributed by atoms with Crippen LogP contribution < -0.4 is 4.74 Å². The Bertz CT molecular complexity index is 558. The minimum atomic E-state index is -0.421. The summed E-state index contributed by atoms with van der Waals surface area (Å²) in [6.45, 7) is 0.499. The van der Waals surface area contributed by atoms with Crippen molar-refractivity contribution in [2.75, 3.05) is 11.0 Å². The molecule has 0 heterocycles. The lowest BCUT2D eigenvalue weighted by atomic mass is 10.1. The second-order valence-corrected chi connectivity index (χ2v) is 5.13. The van der Waals surface area contributed by atoms with Gasteiger partial charge in [0.05, 0.1) is 6.61 Å². The molecule has 19 heavy (non-hydrogen) atoms. The molecule has 0 unspecified atom stereocenters. The van der Waals surface area contributed by atoms with Gasteiger partial charge in [-0.1, -0.05) is 40.8 Å². The first-order valence-corrected chi connectivity index (χ1v) is 7.47. The molecule has 0 atom stereocenters. The molecule has 0 bridgehead atoms. The minimum Gasteiger partial charge on any atom is -0.490 e. The van der Waals surface area contributed by atoms with Crippen molar-refractivity contribution in [3.63, 3.8) is 0 Å². The van der Waals surface area contributed by atoms with Gasteiger partial charge in [-0.25, -0.2) is 8.78 Å². The summed E-state index contributed by atoms with van der Waals surface area (Å²) in [4.78, 5) is 0. The van der Waals surface area contributed by atoms with Gasteiger partial charge in [0, 0.05) is 4.43 Å². The molecule has 0 N–H and O–H groups in total. The summed E-state index contributed by atoms with van der Waals surface area (Å²) in [7, 11) is 0. The molecule has 2 aromatic carbocycles. The van der Waals surface area contributed by atoms with Crippen LogP contribution in [0.15, 0.2) is 42.5 Å². The molecule has 100 valence electrons. The average Bonchev–Trinajstić information content (AvgIpc) is 2.41. The Hall–Kier alpha value is -1.17. The zero-order valence-electron chi connectivity index (χ0n) is 10.2. The van der Waals surface area contributed by atoms with Crippen LogP contribution in [-0.2, 0) is 0 Å². The smallest absolute Gasteiger partial charge is 0.165 e. The zero-order valence-corrected chi connectivity index (χ0v) is 12.4. The molecule has 0 radical (unpaired) electrons. The Morgan fingerprint density at radius 3 is 2.47 bits per heavy atom. The van der Waals surface area contributed by atoms with Gasteiger partial charge in [0.2, 0.25) is 0 Å². The van der Waals surface area contributed by atoms with Crippen LogP contribution in [0.5, 0.6) is 5.75 Å². The van der Waals surface area contributed by atoms with Crippen molar-refractivity contribution < 1.29 is 13.5 Å². The minimum absolute atomic E-state index is 0.241. The van der Waals surface area contributed by atoms with Crippen LogP contribution in [-0.4, -0.2) is 11.0 Å². The van der Waals surface area contributed by atoms with E-state index in [-0.39, 0.29) is 11.6 Å². The van der Waals surface area contributed by atoms with Crippen LogP contribution in [0.3, 0.4) is 0 Å². The molecule has 0 saturated carbocycles. The molecule has 0 amide bonds. The van der Waals surface area contributed by atoms with Gasteiger partial charge < -0.3 is 4.74 Å². The molecule has 0 aliphatic rings. The Morgan fingerprint density at radius 1 is 1.00 bits per heavy atom. The van der Waals surface area contributed by atoms with Crippen molar-refractivity contribution >= 4 is 22.6 Å². The first kappa shape index (κ1) is 14.2. The van der Waals surface area contributed by atoms with Crippen LogP contribution >= 0.6 is 22.6 Å². The molecule has 4 heteroatoms. The number of benzene rings is 2. The lowest BCUT2D eigenvalue weighted by Gasteiger charge is -2.08. The fourth-order valence-electron chi connectivity index (χ4n) is 1.70. The standard InChI is InChI=1S/C15H13F2IO/c16-13-4-1-3-11(9-13)12-5-6-15(14(17)10-12)19-8-2-7-18/h1,3-6,9-10H,2,7-8H2. The van der Waals surface area contributed by atoms with Gasteiger partial charge in [-0.2, -0.15) is 0 Å². The summed E-state index contributed by atoms with van der Waals surface area (Å²) in [6, 6.07) is 10.8. The van der Waals surface area contributed by atoms with Crippen LogP contribution in [0.25, 0.3) is 11.1 Å². The topological polar surface area (TPSA) is 9.23 Å². The third kappa shape index (κ3) is 3.89. The van der Waals surface area contributed by atoms with Gasteiger partial charge in [0.25, 0.3) is 0 Å². The highest BCUT2D eigenvalue weighted by Gasteiger charge is 2.06. The summed E-state index contributed by atoms with van der Waals surface area (Å²) in [5, 5.41) is 0. The summed E-state index contributed by atoms with van der Waals surface area (Å²) in [5.41, 5.74) is 1.29. The van der Waals surface area contributed by atoms with Crippen molar-refractivity contribution in [1.29, 1.82) is 0 Å². The SMILES string of the molecule is Fc1cccc(-c2ccc(OCCCI)c(F)c2)c1. The van der Waals surface area contributed by atoms with E-state index in [1.807, 2.05) is 0 Å². The molecule has 0 aliphatic carbocycles. The Morgan fingerprint density at radius 2 is 1.79 bits per heavy atom. The van der Waals surface area contributed by atoms with Crippen LogP contribution in [0.1, 0.15) is 6.42 Å². The molecule has 0 saturated heterocycles. The van der Waals surface area contributed by atoms with Crippen LogP contribution in [0, 0.1) is 11.6 Å². The fourth-order valence-corrected chi connectivity index (χ4v) is 2.01. The summed E-state index contributed by atoms with van der Waals surface area (Å²) < 4.78 is 33.3. The second kappa shape index (κ2) is 6.84. The maximum atomic E-state index is 13.8. The molecule has 0 spiro atoms. The lowest BCUT2D eigenvalue weighted by molar-refractivity contribution is 0.303. The fraction of sp³-hybridized carbons (Fsp3) is 0.200. The first-order chi connectivity index (χ1) is 9.20. The van der Waals surface area contributed by atoms with Gasteiger partial charge in [0.15, 0.2) is 11.6 Å². The maximum absolute atomic E-state index is 13.8. The number of hydrogen-bond donors (Lipinski definition) is 0. The highest BCUT2D eigenvalue weighted by Crippen LogP contribution is 2.26. The van der Waals surface area contributed by atoms with Crippen molar-refractivity contribution in [2.45, 2.75) is 6.42 Å². The average molecular weight is 374 g/mol. The van der Waals surface area contributed by atoms with E-state index >= 15 is 0 Å². The third-order valence-electron chi connectivity index (χ3n) is 2.63. The molecule has 2 aromatic rings. The van der Waals surface area contributed by atoms with Gasteiger partial charge in [-0.3, -0.25) is 0 Å².